The van der Waals surface area contributed by atoms with Gasteiger partial charge < -0.3 is 15.0 Å². The van der Waals surface area contributed by atoms with Gasteiger partial charge in [-0.3, -0.25) is 4.99 Å². The van der Waals surface area contributed by atoms with Gasteiger partial charge in [0, 0.05) is 38.3 Å². The van der Waals surface area contributed by atoms with Crippen LogP contribution in [0.4, 0.5) is 0 Å². The maximum Gasteiger partial charge on any atom is 0.213 e. The number of guanidine groups is 1. The number of halogens is 2. The predicted molar refractivity (Wildman–Crippen MR) is 130 cm³/mol. The Hall–Kier alpha value is -0.620. The van der Waals surface area contributed by atoms with Crippen LogP contribution in [0, 0.1) is 0 Å². The Bertz CT molecular complexity index is 725. The molecule has 1 unspecified atom stereocenters. The van der Waals surface area contributed by atoms with Crippen LogP contribution in [0.1, 0.15) is 31.7 Å². The van der Waals surface area contributed by atoms with E-state index < -0.39 is 10.0 Å². The normalized spacial score (nSPS) is 17.5. The Morgan fingerprint density at radius 3 is 2.66 bits per heavy atom. The highest BCUT2D eigenvalue weighted by Crippen LogP contribution is 2.12. The summed E-state index contributed by atoms with van der Waals surface area (Å²) in [5, 5.41) is 3.90. The molecule has 0 saturated carbocycles. The highest BCUT2D eigenvalue weighted by Gasteiger charge is 2.17. The van der Waals surface area contributed by atoms with E-state index in [0.717, 1.165) is 24.8 Å². The van der Waals surface area contributed by atoms with Gasteiger partial charge in [0.05, 0.1) is 18.4 Å². The van der Waals surface area contributed by atoms with E-state index in [1.54, 1.807) is 0 Å². The third kappa shape index (κ3) is 10.3. The molecule has 1 aromatic rings. The minimum Gasteiger partial charge on any atom is -0.377 e. The van der Waals surface area contributed by atoms with Crippen LogP contribution in [-0.4, -0.2) is 64.4 Å². The third-order valence-electron chi connectivity index (χ3n) is 4.46. The topological polar surface area (TPSA) is 83.0 Å². The summed E-state index contributed by atoms with van der Waals surface area (Å²) in [6.45, 7) is 4.56. The molecule has 7 nitrogen and oxygen atoms in total. The van der Waals surface area contributed by atoms with Crippen molar-refractivity contribution in [3.8, 4) is 0 Å². The molecule has 1 atom stereocenters. The fourth-order valence-electron chi connectivity index (χ4n) is 2.94. The van der Waals surface area contributed by atoms with E-state index in [1.165, 1.54) is 0 Å². The molecule has 0 radical (unpaired) electrons. The van der Waals surface area contributed by atoms with Crippen LogP contribution in [0.3, 0.4) is 0 Å². The SMILES string of the molecule is CCNC(=NCCS(=O)(=O)NCC1CCCCO1)N(C)Cc1ccc(Cl)cc1.I. The number of sulfonamides is 1. The first-order chi connectivity index (χ1) is 13.4. The molecule has 166 valence electrons. The molecule has 2 rings (SSSR count). The smallest absolute Gasteiger partial charge is 0.213 e. The average molecular weight is 559 g/mol. The average Bonchev–Trinajstić information content (AvgIpc) is 2.68. The minimum absolute atomic E-state index is 0. The van der Waals surface area contributed by atoms with Gasteiger partial charge in [-0.2, -0.15) is 0 Å². The number of aliphatic imine (C=N–C) groups is 1. The van der Waals surface area contributed by atoms with Crippen LogP contribution in [0.2, 0.25) is 5.02 Å². The van der Waals surface area contributed by atoms with Crippen molar-refractivity contribution in [2.45, 2.75) is 38.8 Å². The molecule has 0 aromatic heterocycles. The van der Waals surface area contributed by atoms with Gasteiger partial charge in [0.25, 0.3) is 0 Å². The van der Waals surface area contributed by atoms with E-state index in [9.17, 15) is 8.42 Å². The summed E-state index contributed by atoms with van der Waals surface area (Å²) in [5.74, 6) is 0.618. The van der Waals surface area contributed by atoms with E-state index >= 15 is 0 Å². The lowest BCUT2D eigenvalue weighted by molar-refractivity contribution is 0.0200. The lowest BCUT2D eigenvalue weighted by Crippen LogP contribution is -2.39. The van der Waals surface area contributed by atoms with Crippen LogP contribution in [0.25, 0.3) is 0 Å². The fourth-order valence-corrected chi connectivity index (χ4v) is 3.98. The van der Waals surface area contributed by atoms with Crippen LogP contribution < -0.4 is 10.0 Å². The molecular formula is C19H32ClIN4O3S. The van der Waals surface area contributed by atoms with Gasteiger partial charge in [0.1, 0.15) is 0 Å². The Morgan fingerprint density at radius 1 is 1.31 bits per heavy atom. The van der Waals surface area contributed by atoms with Crippen LogP contribution >= 0.6 is 35.6 Å². The first kappa shape index (κ1) is 26.4. The summed E-state index contributed by atoms with van der Waals surface area (Å²) in [5.41, 5.74) is 1.10. The quantitative estimate of drug-likeness (QED) is 0.277. The zero-order valence-corrected chi connectivity index (χ0v) is 21.0. The van der Waals surface area contributed by atoms with Gasteiger partial charge >= 0.3 is 0 Å². The molecule has 0 bridgehead atoms. The van der Waals surface area contributed by atoms with Gasteiger partial charge in [-0.1, -0.05) is 23.7 Å². The standard InChI is InChI=1S/C19H31ClN4O3S.HI/c1-3-21-19(24(2)15-16-7-9-17(20)10-8-16)22-11-13-28(25,26)23-14-18-6-4-5-12-27-18;/h7-10,18,23H,3-6,11-15H2,1-2H3,(H,21,22);1H. The van der Waals surface area contributed by atoms with Crippen molar-refractivity contribution >= 4 is 51.6 Å². The summed E-state index contributed by atoms with van der Waals surface area (Å²) < 4.78 is 32.7. The summed E-state index contributed by atoms with van der Waals surface area (Å²) in [6.07, 6.45) is 3.02. The lowest BCUT2D eigenvalue weighted by Gasteiger charge is -2.23. The second-order valence-corrected chi connectivity index (χ2v) is 9.24. The maximum absolute atomic E-state index is 12.2. The second kappa shape index (κ2) is 13.6. The molecule has 0 aliphatic carbocycles. The second-order valence-electron chi connectivity index (χ2n) is 6.87. The molecule has 1 fully saturated rings. The zero-order chi connectivity index (χ0) is 20.4. The molecule has 1 aliphatic rings. The van der Waals surface area contributed by atoms with Crippen molar-refractivity contribution in [2.75, 3.05) is 39.0 Å². The number of benzene rings is 1. The van der Waals surface area contributed by atoms with Gasteiger partial charge in [-0.25, -0.2) is 13.1 Å². The van der Waals surface area contributed by atoms with Crippen molar-refractivity contribution in [1.29, 1.82) is 0 Å². The highest BCUT2D eigenvalue weighted by atomic mass is 127. The molecular weight excluding hydrogens is 527 g/mol. The summed E-state index contributed by atoms with van der Waals surface area (Å²) >= 11 is 5.93. The van der Waals surface area contributed by atoms with E-state index in [-0.39, 0.29) is 42.4 Å². The summed E-state index contributed by atoms with van der Waals surface area (Å²) in [6, 6.07) is 7.63. The van der Waals surface area contributed by atoms with E-state index in [2.05, 4.69) is 15.0 Å². The van der Waals surface area contributed by atoms with Crippen molar-refractivity contribution < 1.29 is 13.2 Å². The Balaban J connectivity index is 0.00000420. The number of hydrogen-bond acceptors (Lipinski definition) is 4. The predicted octanol–water partition coefficient (Wildman–Crippen LogP) is 2.84. The number of nitrogens with one attached hydrogen (secondary N) is 2. The van der Waals surface area contributed by atoms with Crippen LogP contribution in [0.5, 0.6) is 0 Å². The Labute approximate surface area is 196 Å². The minimum atomic E-state index is -3.38. The Morgan fingerprint density at radius 2 is 2.03 bits per heavy atom. The van der Waals surface area contributed by atoms with Gasteiger partial charge in [-0.05, 0) is 43.9 Å². The maximum atomic E-state index is 12.2. The molecule has 0 spiro atoms. The van der Waals surface area contributed by atoms with Gasteiger partial charge in [0.15, 0.2) is 5.96 Å². The fraction of sp³-hybridized carbons (Fsp3) is 0.632. The monoisotopic (exact) mass is 558 g/mol. The molecule has 10 heteroatoms. The van der Waals surface area contributed by atoms with Crippen molar-refractivity contribution in [2.24, 2.45) is 4.99 Å². The van der Waals surface area contributed by atoms with E-state index in [1.807, 2.05) is 43.1 Å². The van der Waals surface area contributed by atoms with E-state index in [4.69, 9.17) is 16.3 Å². The molecule has 2 N–H and O–H groups in total. The first-order valence-electron chi connectivity index (χ1n) is 9.72. The van der Waals surface area contributed by atoms with Crippen molar-refractivity contribution in [3.05, 3.63) is 34.9 Å². The van der Waals surface area contributed by atoms with Gasteiger partial charge in [-0.15, -0.1) is 24.0 Å². The molecule has 1 aromatic carbocycles. The zero-order valence-electron chi connectivity index (χ0n) is 17.1. The van der Waals surface area contributed by atoms with Crippen molar-refractivity contribution in [3.63, 3.8) is 0 Å². The molecule has 1 heterocycles. The van der Waals surface area contributed by atoms with Crippen LogP contribution in [0.15, 0.2) is 29.3 Å². The molecule has 29 heavy (non-hydrogen) atoms. The van der Waals surface area contributed by atoms with Crippen molar-refractivity contribution in [1.82, 2.24) is 14.9 Å². The molecule has 1 saturated heterocycles. The van der Waals surface area contributed by atoms with Crippen LogP contribution in [-0.2, 0) is 21.3 Å². The summed E-state index contributed by atoms with van der Waals surface area (Å²) in [7, 11) is -1.46. The summed E-state index contributed by atoms with van der Waals surface area (Å²) in [4.78, 5) is 6.42. The number of nitrogens with zero attached hydrogens (tertiary/aromatic N) is 2. The highest BCUT2D eigenvalue weighted by molar-refractivity contribution is 14.0. The molecule has 1 aliphatic heterocycles. The number of hydrogen-bond donors (Lipinski definition) is 2. The number of rotatable bonds is 9. The number of ether oxygens (including phenoxy) is 1. The largest absolute Gasteiger partial charge is 0.377 e. The Kier molecular flexibility index (Phi) is 12.4. The third-order valence-corrected chi connectivity index (χ3v) is 6.03. The molecule has 0 amide bonds. The lowest BCUT2D eigenvalue weighted by atomic mass is 10.1. The van der Waals surface area contributed by atoms with Gasteiger partial charge in [0.2, 0.25) is 10.0 Å². The van der Waals surface area contributed by atoms with E-state index in [0.29, 0.717) is 37.2 Å². The first-order valence-corrected chi connectivity index (χ1v) is 11.8.